The maximum absolute atomic E-state index is 14.1. The molecule has 0 aliphatic heterocycles. The summed E-state index contributed by atoms with van der Waals surface area (Å²) in [7, 11) is -4.43. The van der Waals surface area contributed by atoms with Gasteiger partial charge in [0, 0.05) is 10.0 Å². The Labute approximate surface area is 122 Å². The maximum Gasteiger partial charge on any atom is 0.257 e. The van der Waals surface area contributed by atoms with Crippen LogP contribution >= 0.6 is 15.9 Å². The summed E-state index contributed by atoms with van der Waals surface area (Å²) < 4.78 is 50.2. The van der Waals surface area contributed by atoms with Crippen LogP contribution < -0.4 is 10.5 Å². The summed E-state index contributed by atoms with van der Waals surface area (Å²) >= 11 is 2.72. The first-order valence-electron chi connectivity index (χ1n) is 5.58. The van der Waals surface area contributed by atoms with Gasteiger partial charge in [-0.1, -0.05) is 0 Å². The van der Waals surface area contributed by atoms with Gasteiger partial charge in [0.15, 0.2) is 5.82 Å². The molecule has 1 fully saturated rings. The van der Waals surface area contributed by atoms with Crippen molar-refractivity contribution in [3.05, 3.63) is 27.7 Å². The van der Waals surface area contributed by atoms with Gasteiger partial charge < -0.3 is 5.32 Å². The molecule has 1 amide bonds. The number of halogens is 3. The first kappa shape index (κ1) is 15.3. The molecule has 0 bridgehead atoms. The number of nitrogens with two attached hydrogens (primary N) is 1. The van der Waals surface area contributed by atoms with Crippen molar-refractivity contribution in [1.82, 2.24) is 5.32 Å². The van der Waals surface area contributed by atoms with Crippen molar-refractivity contribution in [2.24, 2.45) is 5.14 Å². The largest absolute Gasteiger partial charge is 0.347 e. The van der Waals surface area contributed by atoms with Crippen LogP contribution in [0.5, 0.6) is 0 Å². The Bertz CT molecular complexity index is 702. The third kappa shape index (κ3) is 2.84. The smallest absolute Gasteiger partial charge is 0.257 e. The Morgan fingerprint density at radius 1 is 1.45 bits per heavy atom. The molecule has 0 saturated heterocycles. The molecule has 110 valence electrons. The normalized spacial score (nSPS) is 16.9. The molecule has 5 nitrogen and oxygen atoms in total. The molecule has 0 spiro atoms. The zero-order valence-electron chi connectivity index (χ0n) is 10.3. The van der Waals surface area contributed by atoms with Gasteiger partial charge in [-0.15, -0.1) is 0 Å². The number of primary sulfonamides is 1. The maximum atomic E-state index is 14.1. The lowest BCUT2D eigenvalue weighted by molar-refractivity contribution is 0.0926. The highest BCUT2D eigenvalue weighted by Gasteiger charge is 2.40. The fraction of sp³-hybridized carbons (Fsp3) is 0.364. The Balaban J connectivity index is 2.56. The summed E-state index contributed by atoms with van der Waals surface area (Å²) in [5.74, 6) is -3.66. The van der Waals surface area contributed by atoms with Crippen LogP contribution in [0.15, 0.2) is 15.4 Å². The van der Waals surface area contributed by atoms with E-state index in [4.69, 9.17) is 5.14 Å². The Hall–Kier alpha value is -1.06. The zero-order valence-corrected chi connectivity index (χ0v) is 12.7. The summed E-state index contributed by atoms with van der Waals surface area (Å²) in [6.45, 7) is 1.72. The molecule has 1 aromatic carbocycles. The van der Waals surface area contributed by atoms with Gasteiger partial charge >= 0.3 is 0 Å². The van der Waals surface area contributed by atoms with Crippen molar-refractivity contribution >= 4 is 31.9 Å². The van der Waals surface area contributed by atoms with Gasteiger partial charge in [0.05, 0.1) is 0 Å². The number of sulfonamides is 1. The van der Waals surface area contributed by atoms with E-state index in [-0.39, 0.29) is 4.47 Å². The van der Waals surface area contributed by atoms with E-state index < -0.39 is 43.6 Å². The van der Waals surface area contributed by atoms with Crippen molar-refractivity contribution < 1.29 is 22.0 Å². The first-order valence-corrected chi connectivity index (χ1v) is 7.92. The minimum atomic E-state index is -4.43. The Morgan fingerprint density at radius 3 is 2.45 bits per heavy atom. The van der Waals surface area contributed by atoms with Gasteiger partial charge in [-0.25, -0.2) is 22.3 Å². The highest BCUT2D eigenvalue weighted by Crippen LogP contribution is 2.35. The molecule has 0 heterocycles. The number of carbonyl (C=O) groups excluding carboxylic acids is 1. The van der Waals surface area contributed by atoms with Crippen LogP contribution in [0, 0.1) is 11.6 Å². The Kier molecular flexibility index (Phi) is 3.64. The number of hydrogen-bond acceptors (Lipinski definition) is 3. The number of hydrogen-bond donors (Lipinski definition) is 2. The van der Waals surface area contributed by atoms with E-state index in [1.165, 1.54) is 0 Å². The van der Waals surface area contributed by atoms with E-state index in [9.17, 15) is 22.0 Å². The van der Waals surface area contributed by atoms with Crippen LogP contribution in [-0.2, 0) is 10.0 Å². The SMILES string of the molecule is CC1(NC(=O)c2c(F)cc(Br)c(S(N)(=O)=O)c2F)CC1. The average molecular weight is 369 g/mol. The van der Waals surface area contributed by atoms with E-state index in [2.05, 4.69) is 21.2 Å². The number of nitrogens with one attached hydrogen (secondary N) is 1. The van der Waals surface area contributed by atoms with Crippen LogP contribution in [0.2, 0.25) is 0 Å². The van der Waals surface area contributed by atoms with Gasteiger partial charge in [-0.2, -0.15) is 0 Å². The lowest BCUT2D eigenvalue weighted by Gasteiger charge is -2.14. The zero-order chi connectivity index (χ0) is 15.3. The summed E-state index contributed by atoms with van der Waals surface area (Å²) in [6.07, 6.45) is 1.39. The predicted octanol–water partition coefficient (Wildman–Crippen LogP) is 1.66. The summed E-state index contributed by atoms with van der Waals surface area (Å²) in [6, 6.07) is 0.701. The molecule has 0 aromatic heterocycles. The average Bonchev–Trinajstić information content (AvgIpc) is 2.91. The molecule has 0 unspecified atom stereocenters. The van der Waals surface area contributed by atoms with Crippen molar-refractivity contribution in [2.75, 3.05) is 0 Å². The molecule has 1 aliphatic carbocycles. The molecule has 1 aliphatic rings. The van der Waals surface area contributed by atoms with Crippen LogP contribution in [0.4, 0.5) is 8.78 Å². The molecule has 0 atom stereocenters. The summed E-state index contributed by atoms with van der Waals surface area (Å²) in [5, 5.41) is 7.32. The van der Waals surface area contributed by atoms with Crippen LogP contribution in [0.3, 0.4) is 0 Å². The molecule has 1 saturated carbocycles. The molecule has 20 heavy (non-hydrogen) atoms. The molecular weight excluding hydrogens is 358 g/mol. The van der Waals surface area contributed by atoms with Crippen molar-refractivity contribution in [3.63, 3.8) is 0 Å². The second-order valence-electron chi connectivity index (χ2n) is 4.92. The van der Waals surface area contributed by atoms with Crippen molar-refractivity contribution in [3.8, 4) is 0 Å². The van der Waals surface area contributed by atoms with Crippen LogP contribution in [-0.4, -0.2) is 19.9 Å². The molecular formula is C11H11BrF2N2O3S. The predicted molar refractivity (Wildman–Crippen MR) is 70.5 cm³/mol. The van der Waals surface area contributed by atoms with E-state index >= 15 is 0 Å². The van der Waals surface area contributed by atoms with Crippen LogP contribution in [0.1, 0.15) is 30.1 Å². The van der Waals surface area contributed by atoms with Crippen molar-refractivity contribution in [2.45, 2.75) is 30.2 Å². The van der Waals surface area contributed by atoms with Crippen molar-refractivity contribution in [1.29, 1.82) is 0 Å². The second-order valence-corrected chi connectivity index (χ2v) is 7.27. The van der Waals surface area contributed by atoms with Crippen LogP contribution in [0.25, 0.3) is 0 Å². The quantitative estimate of drug-likeness (QED) is 0.849. The lowest BCUT2D eigenvalue weighted by Crippen LogP contribution is -2.35. The van der Waals surface area contributed by atoms with Gasteiger partial charge in [-0.3, -0.25) is 4.79 Å². The molecule has 0 radical (unpaired) electrons. The monoisotopic (exact) mass is 368 g/mol. The highest BCUT2D eigenvalue weighted by molar-refractivity contribution is 9.10. The topological polar surface area (TPSA) is 89.3 Å². The van der Waals surface area contributed by atoms with Gasteiger partial charge in [0.2, 0.25) is 10.0 Å². The number of benzene rings is 1. The Morgan fingerprint density at radius 2 is 2.00 bits per heavy atom. The molecule has 2 rings (SSSR count). The third-order valence-corrected chi connectivity index (χ3v) is 4.91. The minimum absolute atomic E-state index is 0.371. The minimum Gasteiger partial charge on any atom is -0.347 e. The second kappa shape index (κ2) is 4.74. The molecule has 3 N–H and O–H groups in total. The van der Waals surface area contributed by atoms with E-state index in [0.717, 1.165) is 0 Å². The number of carbonyl (C=O) groups is 1. The summed E-state index contributed by atoms with van der Waals surface area (Å²) in [5.41, 5.74) is -1.45. The van der Waals surface area contributed by atoms with Gasteiger partial charge in [0.1, 0.15) is 16.3 Å². The van der Waals surface area contributed by atoms with E-state index in [1.807, 2.05) is 0 Å². The van der Waals surface area contributed by atoms with E-state index in [0.29, 0.717) is 18.9 Å². The third-order valence-electron chi connectivity index (χ3n) is 3.05. The van der Waals surface area contributed by atoms with Gasteiger partial charge in [0.25, 0.3) is 5.91 Å². The standard InChI is InChI=1S/C11H11BrF2N2O3S/c1-11(2-3-11)16-10(17)7-6(13)4-5(12)9(8(7)14)20(15,18)19/h4H,2-3H2,1H3,(H,16,17)(H2,15,18,19). The fourth-order valence-corrected chi connectivity index (χ4v) is 3.42. The number of amides is 1. The van der Waals surface area contributed by atoms with E-state index in [1.54, 1.807) is 6.92 Å². The fourth-order valence-electron chi connectivity index (χ4n) is 1.69. The van der Waals surface area contributed by atoms with Gasteiger partial charge in [-0.05, 0) is 41.8 Å². The summed E-state index contributed by atoms with van der Waals surface area (Å²) in [4.78, 5) is 11.0. The first-order chi connectivity index (χ1) is 9.05. The molecule has 9 heteroatoms. The molecule has 1 aromatic rings. The number of rotatable bonds is 3. The highest BCUT2D eigenvalue weighted by atomic mass is 79.9. The lowest BCUT2D eigenvalue weighted by atomic mass is 10.1.